The third kappa shape index (κ3) is 3.26. The van der Waals surface area contributed by atoms with Crippen LogP contribution in [0.4, 0.5) is 15.8 Å². The van der Waals surface area contributed by atoms with Crippen molar-refractivity contribution in [2.75, 3.05) is 10.6 Å². The minimum atomic E-state index is -0.700. The molecule has 0 bridgehead atoms. The molecule has 9 heteroatoms. The summed E-state index contributed by atoms with van der Waals surface area (Å²) in [5.74, 6) is -1.28. The monoisotopic (exact) mass is 366 g/mol. The number of fused-ring (bicyclic) bond motifs is 1. The Kier molecular flexibility index (Phi) is 4.11. The summed E-state index contributed by atoms with van der Waals surface area (Å²) in [5, 5.41) is 16.8. The summed E-state index contributed by atoms with van der Waals surface area (Å²) in [4.78, 5) is 24.7. The van der Waals surface area contributed by atoms with Crippen LogP contribution in [0.25, 0.3) is 11.4 Å². The molecule has 0 spiro atoms. The standard InChI is InChI=1S/C18H15FN6O2/c1-25-17(22-23-24-25)10-3-2-4-12(7-10)20-18(27)14-9-16(26)21-15-8-11(19)5-6-13(14)15/h2-8,14H,9H2,1H3,(H,20,27)(H,21,26)/t14-/m1/s1. The zero-order valence-corrected chi connectivity index (χ0v) is 14.3. The van der Waals surface area contributed by atoms with Crippen molar-refractivity contribution in [3.05, 3.63) is 53.8 Å². The quantitative estimate of drug-likeness (QED) is 0.739. The molecular weight excluding hydrogens is 351 g/mol. The van der Waals surface area contributed by atoms with E-state index in [1.807, 2.05) is 6.07 Å². The van der Waals surface area contributed by atoms with E-state index in [9.17, 15) is 14.0 Å². The lowest BCUT2D eigenvalue weighted by Crippen LogP contribution is -2.30. The maximum absolute atomic E-state index is 13.4. The number of halogens is 1. The lowest BCUT2D eigenvalue weighted by Gasteiger charge is -2.25. The summed E-state index contributed by atoms with van der Waals surface area (Å²) < 4.78 is 15.0. The summed E-state index contributed by atoms with van der Waals surface area (Å²) in [5.41, 5.74) is 2.20. The molecule has 1 aromatic heterocycles. The number of hydrogen-bond donors (Lipinski definition) is 2. The third-order valence-corrected chi connectivity index (χ3v) is 4.38. The fourth-order valence-corrected chi connectivity index (χ4v) is 3.11. The smallest absolute Gasteiger partial charge is 0.232 e. The van der Waals surface area contributed by atoms with Crippen LogP contribution in [0.15, 0.2) is 42.5 Å². The predicted octanol–water partition coefficient (Wildman–Crippen LogP) is 2.08. The SMILES string of the molecule is Cn1nnnc1-c1cccc(NC(=O)[C@@H]2CC(=O)Nc3cc(F)ccc32)c1. The first-order chi connectivity index (χ1) is 13.0. The molecule has 27 heavy (non-hydrogen) atoms. The van der Waals surface area contributed by atoms with Gasteiger partial charge in [-0.1, -0.05) is 18.2 Å². The number of rotatable bonds is 3. The zero-order valence-electron chi connectivity index (χ0n) is 14.3. The molecule has 0 saturated carbocycles. The van der Waals surface area contributed by atoms with Crippen molar-refractivity contribution in [2.24, 2.45) is 7.05 Å². The average molecular weight is 366 g/mol. The number of carbonyl (C=O) groups excluding carboxylic acids is 2. The van der Waals surface area contributed by atoms with Gasteiger partial charge < -0.3 is 10.6 Å². The Morgan fingerprint density at radius 3 is 2.93 bits per heavy atom. The van der Waals surface area contributed by atoms with Gasteiger partial charge in [0.1, 0.15) is 5.82 Å². The Morgan fingerprint density at radius 1 is 1.30 bits per heavy atom. The van der Waals surface area contributed by atoms with Gasteiger partial charge in [0.05, 0.1) is 5.92 Å². The highest BCUT2D eigenvalue weighted by Crippen LogP contribution is 2.33. The molecule has 0 unspecified atom stereocenters. The second-order valence-electron chi connectivity index (χ2n) is 6.23. The first-order valence-electron chi connectivity index (χ1n) is 8.24. The largest absolute Gasteiger partial charge is 0.326 e. The van der Waals surface area contributed by atoms with Crippen molar-refractivity contribution >= 4 is 23.2 Å². The Hall–Kier alpha value is -3.62. The Morgan fingerprint density at radius 2 is 2.15 bits per heavy atom. The fourth-order valence-electron chi connectivity index (χ4n) is 3.11. The molecule has 2 aromatic carbocycles. The van der Waals surface area contributed by atoms with Crippen molar-refractivity contribution < 1.29 is 14.0 Å². The van der Waals surface area contributed by atoms with Crippen LogP contribution in [0.3, 0.4) is 0 Å². The highest BCUT2D eigenvalue weighted by molar-refractivity contribution is 6.05. The number of hydrogen-bond acceptors (Lipinski definition) is 5. The second-order valence-corrected chi connectivity index (χ2v) is 6.23. The first-order valence-corrected chi connectivity index (χ1v) is 8.24. The topological polar surface area (TPSA) is 102 Å². The first kappa shape index (κ1) is 16.8. The Labute approximate surface area is 153 Å². The number of benzene rings is 2. The van der Waals surface area contributed by atoms with E-state index in [1.54, 1.807) is 25.2 Å². The van der Waals surface area contributed by atoms with Gasteiger partial charge in [0, 0.05) is 30.4 Å². The molecule has 0 aliphatic carbocycles. The van der Waals surface area contributed by atoms with Crippen LogP contribution in [0.2, 0.25) is 0 Å². The molecular formula is C18H15FN6O2. The number of amides is 2. The van der Waals surface area contributed by atoms with Crippen molar-refractivity contribution in [3.63, 3.8) is 0 Å². The number of aryl methyl sites for hydroxylation is 1. The number of anilines is 2. The third-order valence-electron chi connectivity index (χ3n) is 4.38. The fraction of sp³-hybridized carbons (Fsp3) is 0.167. The summed E-state index contributed by atoms with van der Waals surface area (Å²) in [6.45, 7) is 0. The summed E-state index contributed by atoms with van der Waals surface area (Å²) in [7, 11) is 1.72. The lowest BCUT2D eigenvalue weighted by molar-refractivity contribution is -0.123. The van der Waals surface area contributed by atoms with E-state index >= 15 is 0 Å². The molecule has 0 fully saturated rings. The van der Waals surface area contributed by atoms with Gasteiger partial charge in [0.15, 0.2) is 5.82 Å². The molecule has 0 saturated heterocycles. The normalized spacial score (nSPS) is 15.8. The molecule has 2 amide bonds. The van der Waals surface area contributed by atoms with Crippen molar-refractivity contribution in [2.45, 2.75) is 12.3 Å². The number of aromatic nitrogens is 4. The minimum absolute atomic E-state index is 0.00262. The van der Waals surface area contributed by atoms with Crippen LogP contribution in [0, 0.1) is 5.82 Å². The number of carbonyl (C=O) groups is 2. The highest BCUT2D eigenvalue weighted by Gasteiger charge is 2.31. The highest BCUT2D eigenvalue weighted by atomic mass is 19.1. The van der Waals surface area contributed by atoms with Crippen LogP contribution in [-0.4, -0.2) is 32.0 Å². The van der Waals surface area contributed by atoms with Crippen molar-refractivity contribution in [1.82, 2.24) is 20.2 Å². The van der Waals surface area contributed by atoms with Gasteiger partial charge in [0.2, 0.25) is 11.8 Å². The number of tetrazole rings is 1. The van der Waals surface area contributed by atoms with E-state index in [0.717, 1.165) is 5.56 Å². The van der Waals surface area contributed by atoms with Crippen LogP contribution >= 0.6 is 0 Å². The second kappa shape index (κ2) is 6.60. The molecule has 4 rings (SSSR count). The van der Waals surface area contributed by atoms with E-state index < -0.39 is 11.7 Å². The van der Waals surface area contributed by atoms with Crippen LogP contribution in [0.5, 0.6) is 0 Å². The van der Waals surface area contributed by atoms with E-state index in [0.29, 0.717) is 22.8 Å². The molecule has 2 heterocycles. The predicted molar refractivity (Wildman–Crippen MR) is 95.3 cm³/mol. The van der Waals surface area contributed by atoms with Gasteiger partial charge in [-0.05, 0) is 40.3 Å². The Bertz CT molecular complexity index is 1050. The minimum Gasteiger partial charge on any atom is -0.326 e. The van der Waals surface area contributed by atoms with E-state index in [2.05, 4.69) is 26.2 Å². The van der Waals surface area contributed by atoms with Gasteiger partial charge in [-0.2, -0.15) is 0 Å². The van der Waals surface area contributed by atoms with Crippen molar-refractivity contribution in [3.8, 4) is 11.4 Å². The molecule has 1 atom stereocenters. The molecule has 2 N–H and O–H groups in total. The summed E-state index contributed by atoms with van der Waals surface area (Å²) >= 11 is 0. The van der Waals surface area contributed by atoms with Gasteiger partial charge in [0.25, 0.3) is 0 Å². The maximum Gasteiger partial charge on any atom is 0.232 e. The van der Waals surface area contributed by atoms with Gasteiger partial charge in [-0.25, -0.2) is 9.07 Å². The summed E-state index contributed by atoms with van der Waals surface area (Å²) in [6, 6.07) is 11.1. The Balaban J connectivity index is 1.60. The van der Waals surface area contributed by atoms with Gasteiger partial charge in [-0.15, -0.1) is 5.10 Å². The van der Waals surface area contributed by atoms with E-state index in [1.165, 1.54) is 22.9 Å². The molecule has 8 nitrogen and oxygen atoms in total. The number of nitrogens with one attached hydrogen (secondary N) is 2. The van der Waals surface area contributed by atoms with Crippen LogP contribution in [-0.2, 0) is 16.6 Å². The summed E-state index contributed by atoms with van der Waals surface area (Å²) in [6.07, 6.45) is -0.00262. The van der Waals surface area contributed by atoms with Crippen LogP contribution in [0.1, 0.15) is 17.9 Å². The van der Waals surface area contributed by atoms with Crippen LogP contribution < -0.4 is 10.6 Å². The lowest BCUT2D eigenvalue weighted by atomic mass is 9.89. The molecule has 3 aromatic rings. The zero-order chi connectivity index (χ0) is 19.0. The molecule has 1 aliphatic rings. The molecule has 0 radical (unpaired) electrons. The van der Waals surface area contributed by atoms with Crippen molar-refractivity contribution in [1.29, 1.82) is 0 Å². The molecule has 1 aliphatic heterocycles. The average Bonchev–Trinajstić information content (AvgIpc) is 3.07. The van der Waals surface area contributed by atoms with Gasteiger partial charge in [-0.3, -0.25) is 9.59 Å². The number of nitrogens with zero attached hydrogens (tertiary/aromatic N) is 4. The van der Waals surface area contributed by atoms with Gasteiger partial charge >= 0.3 is 0 Å². The van der Waals surface area contributed by atoms with E-state index in [-0.39, 0.29) is 18.2 Å². The maximum atomic E-state index is 13.4. The van der Waals surface area contributed by atoms with E-state index in [4.69, 9.17) is 0 Å². The molecule has 136 valence electrons.